The highest BCUT2D eigenvalue weighted by molar-refractivity contribution is 6.30. The molecule has 2 amide bonds. The van der Waals surface area contributed by atoms with Gasteiger partial charge in [-0.1, -0.05) is 23.7 Å². The molecule has 4 rings (SSSR count). The van der Waals surface area contributed by atoms with Crippen LogP contribution in [-0.2, 0) is 0 Å². The van der Waals surface area contributed by atoms with Gasteiger partial charge in [0.05, 0.1) is 11.7 Å². The zero-order valence-corrected chi connectivity index (χ0v) is 16.8. The van der Waals surface area contributed by atoms with Crippen molar-refractivity contribution in [3.63, 3.8) is 0 Å². The van der Waals surface area contributed by atoms with Gasteiger partial charge in [-0.05, 0) is 54.8 Å². The Kier molecular flexibility index (Phi) is 5.37. The summed E-state index contributed by atoms with van der Waals surface area (Å²) in [6.07, 6.45) is 3.22. The van der Waals surface area contributed by atoms with E-state index in [1.54, 1.807) is 53.6 Å². The summed E-state index contributed by atoms with van der Waals surface area (Å²) in [5.74, 6) is -0.482. The van der Waals surface area contributed by atoms with Crippen LogP contribution in [0.3, 0.4) is 0 Å². The van der Waals surface area contributed by atoms with Crippen molar-refractivity contribution in [3.05, 3.63) is 76.6 Å². The van der Waals surface area contributed by atoms with Crippen LogP contribution in [0.15, 0.2) is 54.7 Å². The molecule has 1 saturated heterocycles. The van der Waals surface area contributed by atoms with Crippen LogP contribution >= 0.6 is 11.6 Å². The molecular weight excluding hydrogens is 402 g/mol. The molecule has 0 spiro atoms. The van der Waals surface area contributed by atoms with Crippen LogP contribution in [0.25, 0.3) is 11.1 Å². The first kappa shape index (κ1) is 19.8. The first-order chi connectivity index (χ1) is 14.4. The summed E-state index contributed by atoms with van der Waals surface area (Å²) in [6, 6.07) is 13.5. The monoisotopic (exact) mass is 421 g/mol. The molecule has 1 aliphatic heterocycles. The fourth-order valence-corrected chi connectivity index (χ4v) is 3.90. The lowest BCUT2D eigenvalue weighted by Crippen LogP contribution is -2.31. The van der Waals surface area contributed by atoms with Gasteiger partial charge in [0.1, 0.15) is 0 Å². The molecule has 7 nitrogen and oxygen atoms in total. The van der Waals surface area contributed by atoms with Crippen molar-refractivity contribution in [3.8, 4) is 11.1 Å². The van der Waals surface area contributed by atoms with Crippen LogP contribution in [0.1, 0.15) is 45.3 Å². The summed E-state index contributed by atoms with van der Waals surface area (Å²) in [6.45, 7) is 0.608. The first-order valence-corrected chi connectivity index (χ1v) is 9.91. The molecule has 3 aromatic rings. The summed E-state index contributed by atoms with van der Waals surface area (Å²) >= 11 is 5.95. The molecule has 0 bridgehead atoms. The fourth-order valence-electron chi connectivity index (χ4n) is 3.78. The molecular formula is C22H20ClN5O2. The lowest BCUT2D eigenvalue weighted by molar-refractivity contribution is 0.0733. The van der Waals surface area contributed by atoms with E-state index in [2.05, 4.69) is 9.97 Å². The van der Waals surface area contributed by atoms with E-state index >= 15 is 0 Å². The predicted molar refractivity (Wildman–Crippen MR) is 115 cm³/mol. The molecule has 0 aliphatic carbocycles. The van der Waals surface area contributed by atoms with E-state index in [4.69, 9.17) is 23.1 Å². The van der Waals surface area contributed by atoms with E-state index in [1.807, 2.05) is 6.07 Å². The zero-order chi connectivity index (χ0) is 21.3. The fraction of sp³-hybridized carbons (Fsp3) is 0.182. The quantitative estimate of drug-likeness (QED) is 0.669. The summed E-state index contributed by atoms with van der Waals surface area (Å²) < 4.78 is 0. The number of nitrogen functional groups attached to an aromatic ring is 1. The van der Waals surface area contributed by atoms with Gasteiger partial charge < -0.3 is 16.4 Å². The second kappa shape index (κ2) is 8.12. The Hall–Kier alpha value is -3.45. The Morgan fingerprint density at radius 3 is 2.60 bits per heavy atom. The van der Waals surface area contributed by atoms with Crippen LogP contribution in [0.2, 0.25) is 5.02 Å². The van der Waals surface area contributed by atoms with Crippen molar-refractivity contribution >= 4 is 29.4 Å². The van der Waals surface area contributed by atoms with E-state index in [-0.39, 0.29) is 17.9 Å². The molecule has 2 heterocycles. The van der Waals surface area contributed by atoms with Crippen LogP contribution < -0.4 is 11.5 Å². The third-order valence-corrected chi connectivity index (χ3v) is 5.47. The van der Waals surface area contributed by atoms with Crippen molar-refractivity contribution in [1.82, 2.24) is 14.9 Å². The molecule has 1 atom stereocenters. The van der Waals surface area contributed by atoms with E-state index in [0.29, 0.717) is 34.0 Å². The summed E-state index contributed by atoms with van der Waals surface area (Å²) in [7, 11) is 0. The maximum atomic E-state index is 13.2. The minimum Gasteiger partial charge on any atom is -0.368 e. The molecule has 1 aromatic heterocycles. The van der Waals surface area contributed by atoms with E-state index < -0.39 is 5.91 Å². The molecule has 152 valence electrons. The van der Waals surface area contributed by atoms with Gasteiger partial charge in [-0.2, -0.15) is 0 Å². The number of carbonyl (C=O) groups excluding carboxylic acids is 2. The number of aromatic nitrogens is 2. The number of hydrogen-bond acceptors (Lipinski definition) is 5. The summed E-state index contributed by atoms with van der Waals surface area (Å²) in [4.78, 5) is 35.2. The van der Waals surface area contributed by atoms with Gasteiger partial charge in [0.15, 0.2) is 0 Å². The third-order valence-electron chi connectivity index (χ3n) is 5.22. The lowest BCUT2D eigenvalue weighted by atomic mass is 9.98. The Labute approximate surface area is 178 Å². The molecule has 30 heavy (non-hydrogen) atoms. The topological polar surface area (TPSA) is 115 Å². The Morgan fingerprint density at radius 1 is 1.10 bits per heavy atom. The van der Waals surface area contributed by atoms with Crippen LogP contribution in [0.4, 0.5) is 5.95 Å². The third kappa shape index (κ3) is 3.84. The average Bonchev–Trinajstić information content (AvgIpc) is 3.23. The second-order valence-corrected chi connectivity index (χ2v) is 7.57. The Balaban J connectivity index is 1.75. The number of carbonyl (C=O) groups is 2. The molecule has 8 heteroatoms. The van der Waals surface area contributed by atoms with Gasteiger partial charge in [0, 0.05) is 34.5 Å². The van der Waals surface area contributed by atoms with Crippen molar-refractivity contribution in [1.29, 1.82) is 0 Å². The van der Waals surface area contributed by atoms with Gasteiger partial charge in [-0.3, -0.25) is 9.59 Å². The van der Waals surface area contributed by atoms with E-state index in [9.17, 15) is 9.59 Å². The minimum absolute atomic E-state index is 0.0943. The second-order valence-electron chi connectivity index (χ2n) is 7.14. The highest BCUT2D eigenvalue weighted by Gasteiger charge is 2.33. The van der Waals surface area contributed by atoms with E-state index in [1.165, 1.54) is 0 Å². The van der Waals surface area contributed by atoms with Gasteiger partial charge in [0.25, 0.3) is 5.91 Å². The van der Waals surface area contributed by atoms with Crippen molar-refractivity contribution in [2.45, 2.75) is 18.9 Å². The normalized spacial score (nSPS) is 15.9. The zero-order valence-electron chi connectivity index (χ0n) is 16.1. The molecule has 0 radical (unpaired) electrons. The standard InChI is InChI=1S/C22H20ClN5O2/c23-16-8-6-13(7-9-16)21(30)28-10-2-5-18(28)19-17(12-26-22(25)27-19)14-3-1-4-15(11-14)20(24)29/h1,3-4,6-9,11-12,18H,2,5,10H2,(H2,24,29)(H2,25,26,27). The summed E-state index contributed by atoms with van der Waals surface area (Å²) in [5, 5.41) is 0.574. The van der Waals surface area contributed by atoms with Gasteiger partial charge >= 0.3 is 0 Å². The number of anilines is 1. The highest BCUT2D eigenvalue weighted by Crippen LogP contribution is 2.37. The lowest BCUT2D eigenvalue weighted by Gasteiger charge is -2.26. The first-order valence-electron chi connectivity index (χ1n) is 9.53. The van der Waals surface area contributed by atoms with Crippen molar-refractivity contribution in [2.24, 2.45) is 5.73 Å². The van der Waals surface area contributed by atoms with Gasteiger partial charge in [-0.15, -0.1) is 0 Å². The van der Waals surface area contributed by atoms with Crippen LogP contribution in [-0.4, -0.2) is 33.2 Å². The maximum absolute atomic E-state index is 13.2. The number of benzene rings is 2. The molecule has 1 unspecified atom stereocenters. The number of rotatable bonds is 4. The number of nitrogens with two attached hydrogens (primary N) is 2. The maximum Gasteiger partial charge on any atom is 0.254 e. The van der Waals surface area contributed by atoms with Crippen molar-refractivity contribution in [2.75, 3.05) is 12.3 Å². The van der Waals surface area contributed by atoms with Gasteiger partial charge in [-0.25, -0.2) is 9.97 Å². The molecule has 1 aliphatic rings. The number of amides is 2. The van der Waals surface area contributed by atoms with Crippen molar-refractivity contribution < 1.29 is 9.59 Å². The number of hydrogen-bond donors (Lipinski definition) is 2. The average molecular weight is 422 g/mol. The van der Waals surface area contributed by atoms with Crippen LogP contribution in [0.5, 0.6) is 0 Å². The number of nitrogens with zero attached hydrogens (tertiary/aromatic N) is 3. The summed E-state index contributed by atoms with van der Waals surface area (Å²) in [5.41, 5.74) is 14.4. The van der Waals surface area contributed by atoms with Gasteiger partial charge in [0.2, 0.25) is 11.9 Å². The SMILES string of the molecule is NC(=O)c1cccc(-c2cnc(N)nc2C2CCCN2C(=O)c2ccc(Cl)cc2)c1. The number of halogens is 1. The Morgan fingerprint density at radius 2 is 1.87 bits per heavy atom. The number of likely N-dealkylation sites (tertiary alicyclic amines) is 1. The highest BCUT2D eigenvalue weighted by atomic mass is 35.5. The predicted octanol–water partition coefficient (Wildman–Crippen LogP) is 3.46. The molecule has 1 fully saturated rings. The molecule has 0 saturated carbocycles. The number of primary amides is 1. The Bertz CT molecular complexity index is 1120. The largest absolute Gasteiger partial charge is 0.368 e. The molecule has 2 aromatic carbocycles. The molecule has 4 N–H and O–H groups in total. The smallest absolute Gasteiger partial charge is 0.254 e. The van der Waals surface area contributed by atoms with E-state index in [0.717, 1.165) is 18.4 Å². The minimum atomic E-state index is -0.518. The van der Waals surface area contributed by atoms with Crippen LogP contribution in [0, 0.1) is 0 Å².